The van der Waals surface area contributed by atoms with Gasteiger partial charge in [0, 0.05) is 28.0 Å². The van der Waals surface area contributed by atoms with Crippen LogP contribution in [-0.4, -0.2) is 38.8 Å². The van der Waals surface area contributed by atoms with Crippen LogP contribution in [-0.2, 0) is 9.53 Å². The van der Waals surface area contributed by atoms with Gasteiger partial charge in [-0.1, -0.05) is 6.07 Å². The first-order chi connectivity index (χ1) is 11.7. The Morgan fingerprint density at radius 1 is 1.17 bits per heavy atom. The number of rotatable bonds is 5. The Morgan fingerprint density at radius 3 is 2.62 bits per heavy atom. The van der Waals surface area contributed by atoms with Crippen molar-refractivity contribution in [1.82, 2.24) is 0 Å². The van der Waals surface area contributed by atoms with Gasteiger partial charge in [0.25, 0.3) is 5.91 Å². The Balaban J connectivity index is 1.50. The van der Waals surface area contributed by atoms with Gasteiger partial charge in [0.05, 0.1) is 13.2 Å². The zero-order valence-electron chi connectivity index (χ0n) is 13.2. The van der Waals surface area contributed by atoms with Gasteiger partial charge >= 0.3 is 0 Å². The highest BCUT2D eigenvalue weighted by Crippen LogP contribution is 2.19. The van der Waals surface area contributed by atoms with Crippen molar-refractivity contribution in [2.45, 2.75) is 0 Å². The highest BCUT2D eigenvalue weighted by Gasteiger charge is 2.11. The fourth-order valence-electron chi connectivity index (χ4n) is 2.48. The van der Waals surface area contributed by atoms with E-state index in [-0.39, 0.29) is 12.5 Å². The maximum absolute atomic E-state index is 12.0. The third kappa shape index (κ3) is 4.85. The number of carbonyl (C=O) groups is 1. The maximum Gasteiger partial charge on any atom is 0.262 e. The van der Waals surface area contributed by atoms with Gasteiger partial charge in [-0.2, -0.15) is 0 Å². The van der Waals surface area contributed by atoms with E-state index in [1.807, 2.05) is 48.5 Å². The molecule has 0 atom stereocenters. The van der Waals surface area contributed by atoms with Crippen LogP contribution in [0.5, 0.6) is 5.75 Å². The van der Waals surface area contributed by atoms with Gasteiger partial charge in [0.15, 0.2) is 6.61 Å². The molecule has 0 aliphatic carbocycles. The molecule has 1 aliphatic heterocycles. The molecule has 1 saturated heterocycles. The second kappa shape index (κ2) is 8.34. The molecule has 1 amide bonds. The highest BCUT2D eigenvalue weighted by atomic mass is 127. The predicted octanol–water partition coefficient (Wildman–Crippen LogP) is 3.15. The summed E-state index contributed by atoms with van der Waals surface area (Å²) in [4.78, 5) is 14.3. The molecule has 2 aromatic carbocycles. The summed E-state index contributed by atoms with van der Waals surface area (Å²) in [6, 6.07) is 15.5. The van der Waals surface area contributed by atoms with Gasteiger partial charge < -0.3 is 19.7 Å². The predicted molar refractivity (Wildman–Crippen MR) is 103 cm³/mol. The summed E-state index contributed by atoms with van der Waals surface area (Å²) in [5.41, 5.74) is 1.91. The lowest BCUT2D eigenvalue weighted by Gasteiger charge is -2.28. The molecule has 126 valence electrons. The van der Waals surface area contributed by atoms with Crippen LogP contribution in [0.15, 0.2) is 48.5 Å². The summed E-state index contributed by atoms with van der Waals surface area (Å²) >= 11 is 2.21. The summed E-state index contributed by atoms with van der Waals surface area (Å²) in [6.45, 7) is 3.30. The molecule has 5 nitrogen and oxygen atoms in total. The Bertz CT molecular complexity index is 685. The molecule has 2 aromatic rings. The number of nitrogens with one attached hydrogen (secondary N) is 1. The minimum Gasteiger partial charge on any atom is -0.484 e. The molecule has 0 bridgehead atoms. The first-order valence-corrected chi connectivity index (χ1v) is 8.89. The van der Waals surface area contributed by atoms with Gasteiger partial charge in [0.1, 0.15) is 5.75 Å². The molecule has 1 aliphatic rings. The fraction of sp³-hybridized carbons (Fsp3) is 0.278. The molecule has 0 radical (unpaired) electrons. The number of ether oxygens (including phenoxy) is 2. The monoisotopic (exact) mass is 438 g/mol. The summed E-state index contributed by atoms with van der Waals surface area (Å²) < 4.78 is 11.9. The minimum atomic E-state index is -0.173. The standard InChI is InChI=1S/C18H19IN2O3/c19-14-2-1-3-17(12-14)24-13-18(22)20-15-4-6-16(7-5-15)21-8-10-23-11-9-21/h1-7,12H,8-11,13H2,(H,20,22). The molecule has 6 heteroatoms. The molecule has 0 aromatic heterocycles. The van der Waals surface area contributed by atoms with Gasteiger partial charge in [-0.05, 0) is 65.1 Å². The molecular weight excluding hydrogens is 419 g/mol. The molecule has 3 rings (SSSR count). The third-order valence-electron chi connectivity index (χ3n) is 3.69. The third-order valence-corrected chi connectivity index (χ3v) is 4.36. The average molecular weight is 438 g/mol. The van der Waals surface area contributed by atoms with Crippen LogP contribution in [0.4, 0.5) is 11.4 Å². The number of carbonyl (C=O) groups excluding carboxylic acids is 1. The largest absolute Gasteiger partial charge is 0.484 e. The smallest absolute Gasteiger partial charge is 0.262 e. The lowest BCUT2D eigenvalue weighted by atomic mass is 10.2. The van der Waals surface area contributed by atoms with Crippen LogP contribution >= 0.6 is 22.6 Å². The lowest BCUT2D eigenvalue weighted by Crippen LogP contribution is -2.36. The number of amides is 1. The molecule has 1 N–H and O–H groups in total. The topological polar surface area (TPSA) is 50.8 Å². The minimum absolute atomic E-state index is 0.00862. The Labute approximate surface area is 155 Å². The molecule has 0 spiro atoms. The van der Waals surface area contributed by atoms with Crippen molar-refractivity contribution in [3.63, 3.8) is 0 Å². The van der Waals surface area contributed by atoms with Crippen LogP contribution < -0.4 is 15.0 Å². The number of hydrogen-bond donors (Lipinski definition) is 1. The van der Waals surface area contributed by atoms with Crippen molar-refractivity contribution in [3.8, 4) is 5.75 Å². The van der Waals surface area contributed by atoms with Gasteiger partial charge in [-0.3, -0.25) is 4.79 Å². The van der Waals surface area contributed by atoms with Crippen molar-refractivity contribution >= 4 is 39.9 Å². The molecular formula is C18H19IN2O3. The van der Waals surface area contributed by atoms with E-state index in [4.69, 9.17) is 9.47 Å². The van der Waals surface area contributed by atoms with Crippen LogP contribution in [0.1, 0.15) is 0 Å². The van der Waals surface area contributed by atoms with E-state index >= 15 is 0 Å². The van der Waals surface area contributed by atoms with E-state index < -0.39 is 0 Å². The average Bonchev–Trinajstić information content (AvgIpc) is 2.61. The Kier molecular flexibility index (Phi) is 5.92. The number of anilines is 2. The molecule has 0 saturated carbocycles. The molecule has 1 fully saturated rings. The fourth-order valence-corrected chi connectivity index (χ4v) is 2.99. The van der Waals surface area contributed by atoms with Crippen LogP contribution in [0.25, 0.3) is 0 Å². The number of nitrogens with zero attached hydrogens (tertiary/aromatic N) is 1. The number of morpholine rings is 1. The first kappa shape index (κ1) is 17.0. The van der Waals surface area contributed by atoms with Gasteiger partial charge in [0.2, 0.25) is 0 Å². The lowest BCUT2D eigenvalue weighted by molar-refractivity contribution is -0.118. The number of halogens is 1. The van der Waals surface area contributed by atoms with Crippen molar-refractivity contribution in [1.29, 1.82) is 0 Å². The Hall–Kier alpha value is -1.80. The summed E-state index contributed by atoms with van der Waals surface area (Å²) in [5, 5.41) is 2.85. The van der Waals surface area contributed by atoms with Crippen LogP contribution in [0.2, 0.25) is 0 Å². The van der Waals surface area contributed by atoms with E-state index in [1.165, 1.54) is 0 Å². The zero-order valence-corrected chi connectivity index (χ0v) is 15.4. The summed E-state index contributed by atoms with van der Waals surface area (Å²) in [7, 11) is 0. The van der Waals surface area contributed by atoms with Gasteiger partial charge in [-0.25, -0.2) is 0 Å². The quantitative estimate of drug-likeness (QED) is 0.730. The van der Waals surface area contributed by atoms with E-state index in [1.54, 1.807) is 0 Å². The second-order valence-electron chi connectivity index (χ2n) is 5.44. The van der Waals surface area contributed by atoms with Crippen molar-refractivity contribution in [2.24, 2.45) is 0 Å². The van der Waals surface area contributed by atoms with Crippen molar-refractivity contribution < 1.29 is 14.3 Å². The van der Waals surface area contributed by atoms with Gasteiger partial charge in [-0.15, -0.1) is 0 Å². The molecule has 0 unspecified atom stereocenters. The number of benzene rings is 2. The molecule has 24 heavy (non-hydrogen) atoms. The van der Waals surface area contributed by atoms with Crippen LogP contribution in [0, 0.1) is 3.57 Å². The first-order valence-electron chi connectivity index (χ1n) is 7.82. The highest BCUT2D eigenvalue weighted by molar-refractivity contribution is 14.1. The van der Waals surface area contributed by atoms with E-state index in [2.05, 4.69) is 32.8 Å². The molecule has 1 heterocycles. The summed E-state index contributed by atoms with van der Waals surface area (Å²) in [5.74, 6) is 0.521. The Morgan fingerprint density at radius 2 is 1.92 bits per heavy atom. The van der Waals surface area contributed by atoms with E-state index in [0.717, 1.165) is 41.2 Å². The van der Waals surface area contributed by atoms with Crippen molar-refractivity contribution in [2.75, 3.05) is 43.1 Å². The SMILES string of the molecule is O=C(COc1cccc(I)c1)Nc1ccc(N2CCOCC2)cc1. The number of hydrogen-bond acceptors (Lipinski definition) is 4. The van der Waals surface area contributed by atoms with E-state index in [9.17, 15) is 4.79 Å². The van der Waals surface area contributed by atoms with E-state index in [0.29, 0.717) is 5.75 Å². The van der Waals surface area contributed by atoms with Crippen LogP contribution in [0.3, 0.4) is 0 Å². The zero-order chi connectivity index (χ0) is 16.8. The summed E-state index contributed by atoms with van der Waals surface area (Å²) in [6.07, 6.45) is 0. The normalized spacial score (nSPS) is 14.3. The van der Waals surface area contributed by atoms with Crippen molar-refractivity contribution in [3.05, 3.63) is 52.1 Å². The second-order valence-corrected chi connectivity index (χ2v) is 6.69. The maximum atomic E-state index is 12.0.